The molecular formula is C25H33N3O3S. The van der Waals surface area contributed by atoms with Gasteiger partial charge in [-0.25, -0.2) is 0 Å². The highest BCUT2D eigenvalue weighted by Crippen LogP contribution is 2.34. The second kappa shape index (κ2) is 9.69. The molecule has 2 N–H and O–H groups in total. The van der Waals surface area contributed by atoms with Crippen LogP contribution in [0, 0.1) is 0 Å². The first-order valence-electron chi connectivity index (χ1n) is 12.2. The summed E-state index contributed by atoms with van der Waals surface area (Å²) in [5.41, 5.74) is 1.46. The largest absolute Gasteiger partial charge is 0.486 e. The fourth-order valence-electron chi connectivity index (χ4n) is 5.35. The van der Waals surface area contributed by atoms with Gasteiger partial charge in [0.05, 0.1) is 12.1 Å². The zero-order chi connectivity index (χ0) is 21.9. The van der Waals surface area contributed by atoms with Crippen LogP contribution in [-0.4, -0.2) is 40.3 Å². The Balaban J connectivity index is 1.41. The third-order valence-electron chi connectivity index (χ3n) is 7.13. The molecule has 0 bridgehead atoms. The van der Waals surface area contributed by atoms with Crippen LogP contribution in [0.25, 0.3) is 10.9 Å². The van der Waals surface area contributed by atoms with Gasteiger partial charge >= 0.3 is 0 Å². The Morgan fingerprint density at radius 1 is 0.969 bits per heavy atom. The number of fused-ring (bicyclic) bond motifs is 2. The van der Waals surface area contributed by atoms with Crippen molar-refractivity contribution in [2.45, 2.75) is 82.8 Å². The van der Waals surface area contributed by atoms with Gasteiger partial charge in [0.2, 0.25) is 0 Å². The van der Waals surface area contributed by atoms with Crippen molar-refractivity contribution in [3.63, 3.8) is 0 Å². The van der Waals surface area contributed by atoms with Crippen LogP contribution in [0.5, 0.6) is 11.5 Å². The van der Waals surface area contributed by atoms with Crippen molar-refractivity contribution in [3.05, 3.63) is 34.1 Å². The summed E-state index contributed by atoms with van der Waals surface area (Å²) in [5.74, 6) is 1.43. The lowest BCUT2D eigenvalue weighted by atomic mass is 9.93. The summed E-state index contributed by atoms with van der Waals surface area (Å²) < 4.78 is 11.4. The Hall–Kier alpha value is -2.28. The molecule has 0 radical (unpaired) electrons. The second-order valence-electron chi connectivity index (χ2n) is 9.41. The number of pyridine rings is 1. The lowest BCUT2D eigenvalue weighted by Gasteiger charge is -2.38. The Bertz CT molecular complexity index is 1020. The van der Waals surface area contributed by atoms with E-state index < -0.39 is 0 Å². The van der Waals surface area contributed by atoms with E-state index in [2.05, 4.69) is 15.2 Å². The number of rotatable bonds is 4. The number of aromatic nitrogens is 1. The van der Waals surface area contributed by atoms with Crippen molar-refractivity contribution in [2.24, 2.45) is 0 Å². The van der Waals surface area contributed by atoms with Crippen molar-refractivity contribution in [1.29, 1.82) is 0 Å². The minimum atomic E-state index is -0.0598. The van der Waals surface area contributed by atoms with E-state index >= 15 is 0 Å². The molecule has 1 aromatic carbocycles. The van der Waals surface area contributed by atoms with E-state index in [9.17, 15) is 4.79 Å². The predicted molar refractivity (Wildman–Crippen MR) is 131 cm³/mol. The SMILES string of the molecule is O=c1[nH]c2cc3c(cc2cc1CN(C(=S)NC1CCCCC1)C1CCCCC1)OCCO3. The van der Waals surface area contributed by atoms with Crippen LogP contribution < -0.4 is 20.3 Å². The zero-order valence-electron chi connectivity index (χ0n) is 18.7. The highest BCUT2D eigenvalue weighted by molar-refractivity contribution is 7.80. The molecule has 0 saturated heterocycles. The van der Waals surface area contributed by atoms with Gasteiger partial charge in [-0.15, -0.1) is 0 Å². The molecule has 2 saturated carbocycles. The maximum atomic E-state index is 13.0. The third kappa shape index (κ3) is 4.72. The molecule has 7 heteroatoms. The van der Waals surface area contributed by atoms with Crippen LogP contribution in [0.2, 0.25) is 0 Å². The Labute approximate surface area is 194 Å². The fourth-order valence-corrected chi connectivity index (χ4v) is 5.73. The number of hydrogen-bond acceptors (Lipinski definition) is 4. The molecule has 1 aromatic heterocycles. The van der Waals surface area contributed by atoms with Gasteiger partial charge in [0.15, 0.2) is 16.6 Å². The molecule has 172 valence electrons. The number of thiocarbonyl (C=S) groups is 1. The molecular weight excluding hydrogens is 422 g/mol. The average molecular weight is 456 g/mol. The minimum absolute atomic E-state index is 0.0598. The van der Waals surface area contributed by atoms with Crippen molar-refractivity contribution < 1.29 is 9.47 Å². The number of aromatic amines is 1. The van der Waals surface area contributed by atoms with Crippen LogP contribution in [0.4, 0.5) is 0 Å². The van der Waals surface area contributed by atoms with Gasteiger partial charge in [-0.05, 0) is 50.0 Å². The molecule has 2 aliphatic carbocycles. The molecule has 2 heterocycles. The van der Waals surface area contributed by atoms with Gasteiger partial charge in [-0.3, -0.25) is 4.79 Å². The Kier molecular flexibility index (Phi) is 6.53. The zero-order valence-corrected chi connectivity index (χ0v) is 19.5. The number of nitrogens with zero attached hydrogens (tertiary/aromatic N) is 1. The maximum Gasteiger partial charge on any atom is 0.253 e. The Morgan fingerprint density at radius 2 is 1.62 bits per heavy atom. The van der Waals surface area contributed by atoms with Crippen LogP contribution in [0.1, 0.15) is 69.8 Å². The molecule has 0 atom stereocenters. The van der Waals surface area contributed by atoms with E-state index in [-0.39, 0.29) is 5.56 Å². The summed E-state index contributed by atoms with van der Waals surface area (Å²) in [4.78, 5) is 18.4. The first-order valence-corrected chi connectivity index (χ1v) is 12.6. The van der Waals surface area contributed by atoms with Gasteiger partial charge in [0.25, 0.3) is 5.56 Å². The summed E-state index contributed by atoms with van der Waals surface area (Å²) in [6.07, 6.45) is 12.2. The van der Waals surface area contributed by atoms with Gasteiger partial charge < -0.3 is 24.7 Å². The van der Waals surface area contributed by atoms with E-state index in [4.69, 9.17) is 21.7 Å². The van der Waals surface area contributed by atoms with Crippen LogP contribution in [0.3, 0.4) is 0 Å². The monoisotopic (exact) mass is 455 g/mol. The number of ether oxygens (including phenoxy) is 2. The van der Waals surface area contributed by atoms with Crippen molar-refractivity contribution in [2.75, 3.05) is 13.2 Å². The first-order chi connectivity index (χ1) is 15.7. The van der Waals surface area contributed by atoms with Gasteiger partial charge in [-0.2, -0.15) is 0 Å². The normalized spacial score (nSPS) is 19.6. The topological polar surface area (TPSA) is 66.6 Å². The van der Waals surface area contributed by atoms with Crippen molar-refractivity contribution in [3.8, 4) is 11.5 Å². The average Bonchev–Trinajstić information content (AvgIpc) is 2.82. The first kappa shape index (κ1) is 21.6. The fraction of sp³-hybridized carbons (Fsp3) is 0.600. The lowest BCUT2D eigenvalue weighted by Crippen LogP contribution is -2.50. The van der Waals surface area contributed by atoms with E-state index in [1.165, 1.54) is 51.4 Å². The summed E-state index contributed by atoms with van der Waals surface area (Å²) in [7, 11) is 0. The minimum Gasteiger partial charge on any atom is -0.486 e. The second-order valence-corrected chi connectivity index (χ2v) is 9.80. The third-order valence-corrected chi connectivity index (χ3v) is 7.49. The molecule has 2 aromatic rings. The van der Waals surface area contributed by atoms with Crippen LogP contribution >= 0.6 is 12.2 Å². The van der Waals surface area contributed by atoms with Crippen molar-refractivity contribution >= 4 is 28.2 Å². The van der Waals surface area contributed by atoms with E-state index in [1.807, 2.05) is 18.2 Å². The lowest BCUT2D eigenvalue weighted by molar-refractivity contribution is 0.172. The predicted octanol–water partition coefficient (Wildman–Crippen LogP) is 4.64. The summed E-state index contributed by atoms with van der Waals surface area (Å²) in [6, 6.07) is 6.67. The van der Waals surface area contributed by atoms with Crippen LogP contribution in [-0.2, 0) is 6.54 Å². The highest BCUT2D eigenvalue weighted by atomic mass is 32.1. The summed E-state index contributed by atoms with van der Waals surface area (Å²) >= 11 is 5.92. The molecule has 0 amide bonds. The Morgan fingerprint density at radius 3 is 2.34 bits per heavy atom. The molecule has 3 aliphatic rings. The quantitative estimate of drug-likeness (QED) is 0.655. The molecule has 5 rings (SSSR count). The standard InChI is InChI=1S/C25H33N3O3S/c29-24-18(13-17-14-22-23(15-21(17)27-24)31-12-11-30-22)16-28(20-9-5-2-6-10-20)25(32)26-19-7-3-1-4-8-19/h13-15,19-20H,1-12,16H2,(H,26,32)(H,27,29). The molecule has 32 heavy (non-hydrogen) atoms. The van der Waals surface area contributed by atoms with Gasteiger partial charge in [-0.1, -0.05) is 38.5 Å². The maximum absolute atomic E-state index is 13.0. The summed E-state index contributed by atoms with van der Waals surface area (Å²) in [6.45, 7) is 1.61. The summed E-state index contributed by atoms with van der Waals surface area (Å²) in [5, 5.41) is 5.41. The number of hydrogen-bond donors (Lipinski definition) is 2. The highest BCUT2D eigenvalue weighted by Gasteiger charge is 2.26. The number of nitrogens with one attached hydrogen (secondary N) is 2. The van der Waals surface area contributed by atoms with E-state index in [0.29, 0.717) is 37.6 Å². The van der Waals surface area contributed by atoms with Crippen molar-refractivity contribution in [1.82, 2.24) is 15.2 Å². The van der Waals surface area contributed by atoms with E-state index in [1.54, 1.807) is 0 Å². The molecule has 0 spiro atoms. The van der Waals surface area contributed by atoms with Gasteiger partial charge in [0.1, 0.15) is 13.2 Å². The molecule has 0 unspecified atom stereocenters. The smallest absolute Gasteiger partial charge is 0.253 e. The molecule has 6 nitrogen and oxygen atoms in total. The van der Waals surface area contributed by atoms with Gasteiger partial charge in [0, 0.05) is 29.1 Å². The van der Waals surface area contributed by atoms with E-state index in [0.717, 1.165) is 40.2 Å². The van der Waals surface area contributed by atoms with Crippen LogP contribution in [0.15, 0.2) is 23.0 Å². The number of H-pyrrole nitrogens is 1. The number of benzene rings is 1. The molecule has 1 aliphatic heterocycles. The molecule has 2 fully saturated rings.